The quantitative estimate of drug-likeness (QED) is 0.847. The Kier molecular flexibility index (Phi) is 3.18. The highest BCUT2D eigenvalue weighted by Gasteiger charge is 2.54. The monoisotopic (exact) mass is 283 g/mol. The number of rotatable bonds is 3. The summed E-state index contributed by atoms with van der Waals surface area (Å²) in [5, 5.41) is 0. The first-order valence-electron chi connectivity index (χ1n) is 8.53. The SMILES string of the molecule is CCCC(=O)C1CC2C3CC1N(C)C2Cc1ccccc13. The maximum absolute atomic E-state index is 12.5. The van der Waals surface area contributed by atoms with Gasteiger partial charge >= 0.3 is 0 Å². The Labute approximate surface area is 127 Å². The molecule has 1 aromatic rings. The summed E-state index contributed by atoms with van der Waals surface area (Å²) < 4.78 is 0. The van der Waals surface area contributed by atoms with Gasteiger partial charge in [0, 0.05) is 24.4 Å². The van der Waals surface area contributed by atoms with Gasteiger partial charge in [0.15, 0.2) is 0 Å². The number of ketones is 1. The van der Waals surface area contributed by atoms with Gasteiger partial charge in [-0.25, -0.2) is 0 Å². The fourth-order valence-corrected chi connectivity index (χ4v) is 5.38. The van der Waals surface area contributed by atoms with Crippen LogP contribution in [0, 0.1) is 11.8 Å². The van der Waals surface area contributed by atoms with Crippen LogP contribution < -0.4 is 0 Å². The largest absolute Gasteiger partial charge is 0.299 e. The minimum atomic E-state index is 0.303. The normalized spacial score (nSPS) is 37.3. The lowest BCUT2D eigenvalue weighted by atomic mass is 9.56. The summed E-state index contributed by atoms with van der Waals surface area (Å²) >= 11 is 0. The van der Waals surface area contributed by atoms with Crippen molar-refractivity contribution in [3.8, 4) is 0 Å². The molecule has 2 aliphatic carbocycles. The molecule has 112 valence electrons. The molecule has 21 heavy (non-hydrogen) atoms. The number of fused-ring (bicyclic) bond motifs is 2. The summed E-state index contributed by atoms with van der Waals surface area (Å²) in [7, 11) is 2.26. The van der Waals surface area contributed by atoms with Gasteiger partial charge in [0.05, 0.1) is 0 Å². The first-order chi connectivity index (χ1) is 10.2. The predicted molar refractivity (Wildman–Crippen MR) is 84.4 cm³/mol. The number of hydrogen-bond acceptors (Lipinski definition) is 2. The van der Waals surface area contributed by atoms with E-state index < -0.39 is 0 Å². The molecular formula is C19H25NO. The Morgan fingerprint density at radius 3 is 2.86 bits per heavy atom. The van der Waals surface area contributed by atoms with E-state index >= 15 is 0 Å². The minimum Gasteiger partial charge on any atom is -0.299 e. The highest BCUT2D eigenvalue weighted by atomic mass is 16.1. The summed E-state index contributed by atoms with van der Waals surface area (Å²) in [6.07, 6.45) is 5.27. The van der Waals surface area contributed by atoms with Gasteiger partial charge in [-0.15, -0.1) is 0 Å². The topological polar surface area (TPSA) is 20.3 Å². The zero-order valence-electron chi connectivity index (χ0n) is 13.1. The van der Waals surface area contributed by atoms with Crippen LogP contribution in [0.25, 0.3) is 0 Å². The summed E-state index contributed by atoms with van der Waals surface area (Å²) in [4.78, 5) is 15.0. The van der Waals surface area contributed by atoms with Crippen molar-refractivity contribution < 1.29 is 4.79 Å². The second-order valence-electron chi connectivity index (χ2n) is 7.27. The van der Waals surface area contributed by atoms with Crippen molar-refractivity contribution in [1.82, 2.24) is 4.90 Å². The number of carbonyl (C=O) groups excluding carboxylic acids is 1. The van der Waals surface area contributed by atoms with E-state index in [2.05, 4.69) is 43.1 Å². The summed E-state index contributed by atoms with van der Waals surface area (Å²) in [6, 6.07) is 10.1. The van der Waals surface area contributed by atoms with Gasteiger partial charge in [0.1, 0.15) is 5.78 Å². The molecule has 5 atom stereocenters. The van der Waals surface area contributed by atoms with Crippen molar-refractivity contribution in [2.45, 2.75) is 57.0 Å². The van der Waals surface area contributed by atoms with Crippen molar-refractivity contribution in [1.29, 1.82) is 0 Å². The highest BCUT2D eigenvalue weighted by molar-refractivity contribution is 5.82. The molecule has 0 spiro atoms. The third-order valence-electron chi connectivity index (χ3n) is 6.34. The van der Waals surface area contributed by atoms with Gasteiger partial charge in [-0.05, 0) is 55.7 Å². The molecule has 0 amide bonds. The molecule has 4 bridgehead atoms. The van der Waals surface area contributed by atoms with Crippen LogP contribution in [0.5, 0.6) is 0 Å². The van der Waals surface area contributed by atoms with Crippen molar-refractivity contribution in [3.63, 3.8) is 0 Å². The number of carbonyl (C=O) groups is 1. The number of hydrogen-bond donors (Lipinski definition) is 0. The fourth-order valence-electron chi connectivity index (χ4n) is 5.38. The molecule has 2 saturated heterocycles. The molecular weight excluding hydrogens is 258 g/mol. The van der Waals surface area contributed by atoms with Crippen molar-refractivity contribution in [2.24, 2.45) is 11.8 Å². The van der Waals surface area contributed by atoms with E-state index in [1.807, 2.05) is 0 Å². The number of likely N-dealkylation sites (N-methyl/N-ethyl adjacent to an activating group) is 1. The summed E-state index contributed by atoms with van der Waals surface area (Å²) in [6.45, 7) is 2.12. The average molecular weight is 283 g/mol. The molecule has 4 aliphatic rings. The lowest BCUT2D eigenvalue weighted by Crippen LogP contribution is -2.63. The van der Waals surface area contributed by atoms with Gasteiger partial charge in [-0.2, -0.15) is 0 Å². The van der Waals surface area contributed by atoms with E-state index in [-0.39, 0.29) is 0 Å². The Balaban J connectivity index is 1.67. The molecule has 3 fully saturated rings. The Bertz CT molecular complexity index is 566. The second-order valence-corrected chi connectivity index (χ2v) is 7.27. The first-order valence-corrected chi connectivity index (χ1v) is 8.53. The fraction of sp³-hybridized carbons (Fsp3) is 0.632. The standard InChI is InChI=1S/C19H25NO/c1-3-6-19(21)16-10-15-14-11-18(16)20(2)17(15)9-12-7-4-5-8-13(12)14/h4-5,7-8,14-18H,3,6,9-11H2,1-2H3. The van der Waals surface area contributed by atoms with Crippen molar-refractivity contribution >= 4 is 5.78 Å². The zero-order valence-corrected chi connectivity index (χ0v) is 13.1. The number of benzene rings is 1. The van der Waals surface area contributed by atoms with Gasteiger partial charge in [-0.3, -0.25) is 9.69 Å². The number of nitrogens with zero attached hydrogens (tertiary/aromatic N) is 1. The van der Waals surface area contributed by atoms with Gasteiger partial charge in [0.25, 0.3) is 0 Å². The third kappa shape index (κ3) is 1.92. The number of piperidine rings is 2. The van der Waals surface area contributed by atoms with Crippen LogP contribution in [0.15, 0.2) is 24.3 Å². The van der Waals surface area contributed by atoms with E-state index in [1.54, 1.807) is 11.1 Å². The van der Waals surface area contributed by atoms with Crippen LogP contribution in [0.3, 0.4) is 0 Å². The molecule has 2 aliphatic heterocycles. The molecule has 5 rings (SSSR count). The van der Waals surface area contributed by atoms with Crippen LogP contribution in [0.4, 0.5) is 0 Å². The smallest absolute Gasteiger partial charge is 0.137 e. The van der Waals surface area contributed by atoms with Gasteiger partial charge in [0.2, 0.25) is 0 Å². The lowest BCUT2D eigenvalue weighted by Gasteiger charge is -2.59. The molecule has 2 heterocycles. The van der Waals surface area contributed by atoms with Crippen molar-refractivity contribution in [2.75, 3.05) is 7.05 Å². The molecule has 1 saturated carbocycles. The first kappa shape index (κ1) is 13.5. The molecule has 1 aromatic carbocycles. The van der Waals surface area contributed by atoms with E-state index in [1.165, 1.54) is 12.8 Å². The Morgan fingerprint density at radius 2 is 2.05 bits per heavy atom. The van der Waals surface area contributed by atoms with Gasteiger partial charge < -0.3 is 0 Å². The molecule has 0 aromatic heterocycles. The van der Waals surface area contributed by atoms with Crippen LogP contribution in [0.2, 0.25) is 0 Å². The third-order valence-corrected chi connectivity index (χ3v) is 6.34. The van der Waals surface area contributed by atoms with Crippen LogP contribution in [-0.4, -0.2) is 29.8 Å². The van der Waals surface area contributed by atoms with Crippen molar-refractivity contribution in [3.05, 3.63) is 35.4 Å². The van der Waals surface area contributed by atoms with E-state index in [0.717, 1.165) is 19.3 Å². The summed E-state index contributed by atoms with van der Waals surface area (Å²) in [5.74, 6) is 2.22. The molecule has 2 heteroatoms. The highest BCUT2D eigenvalue weighted by Crippen LogP contribution is 2.54. The molecule has 0 N–H and O–H groups in total. The van der Waals surface area contributed by atoms with Gasteiger partial charge in [-0.1, -0.05) is 31.2 Å². The maximum atomic E-state index is 12.5. The van der Waals surface area contributed by atoms with Crippen LogP contribution >= 0.6 is 0 Å². The number of Topliss-reactive ketones (excluding diaryl/α,β-unsaturated/α-hetero) is 1. The molecule has 2 nitrogen and oxygen atoms in total. The lowest BCUT2D eigenvalue weighted by molar-refractivity contribution is -0.134. The van der Waals surface area contributed by atoms with Crippen LogP contribution in [0.1, 0.15) is 49.7 Å². The van der Waals surface area contributed by atoms with E-state index in [4.69, 9.17) is 0 Å². The van der Waals surface area contributed by atoms with Crippen LogP contribution in [-0.2, 0) is 11.2 Å². The molecule has 0 radical (unpaired) electrons. The predicted octanol–water partition coefficient (Wildman–Crippen LogP) is 3.40. The second kappa shape index (κ2) is 4.95. The Morgan fingerprint density at radius 1 is 1.24 bits per heavy atom. The zero-order chi connectivity index (χ0) is 14.6. The molecule has 5 unspecified atom stereocenters. The van der Waals surface area contributed by atoms with E-state index in [0.29, 0.717) is 35.6 Å². The van der Waals surface area contributed by atoms with E-state index in [9.17, 15) is 4.79 Å². The minimum absolute atomic E-state index is 0.303. The average Bonchev–Trinajstić information content (AvgIpc) is 2.51. The maximum Gasteiger partial charge on any atom is 0.137 e. The Hall–Kier alpha value is -1.15. The summed E-state index contributed by atoms with van der Waals surface area (Å²) in [5.41, 5.74) is 3.13.